The topological polar surface area (TPSA) is 48.0 Å². The number of hydrogen-bond donors (Lipinski definition) is 1. The van der Waals surface area contributed by atoms with Crippen LogP contribution in [0.3, 0.4) is 0 Å². The highest BCUT2D eigenvalue weighted by atomic mass is 35.5. The highest BCUT2D eigenvalue weighted by molar-refractivity contribution is 6.31. The van der Waals surface area contributed by atoms with Crippen molar-refractivity contribution in [3.8, 4) is 0 Å². The molecule has 13 heavy (non-hydrogen) atoms. The fourth-order valence-electron chi connectivity index (χ4n) is 1.78. The molecule has 1 aromatic rings. The van der Waals surface area contributed by atoms with Gasteiger partial charge < -0.3 is 5.73 Å². The maximum Gasteiger partial charge on any atom is 0.252 e. The van der Waals surface area contributed by atoms with Gasteiger partial charge in [-0.15, -0.1) is 0 Å². The van der Waals surface area contributed by atoms with E-state index in [1.807, 2.05) is 0 Å². The van der Waals surface area contributed by atoms with Crippen LogP contribution in [0.15, 0.2) is 16.9 Å². The number of halogens is 1. The van der Waals surface area contributed by atoms with Gasteiger partial charge in [-0.2, -0.15) is 0 Å². The zero-order valence-corrected chi connectivity index (χ0v) is 7.92. The predicted molar refractivity (Wildman–Crippen MR) is 51.9 cm³/mol. The molecule has 0 spiro atoms. The lowest BCUT2D eigenvalue weighted by atomic mass is 10.1. The molecule has 2 rings (SSSR count). The smallest absolute Gasteiger partial charge is 0.252 e. The van der Waals surface area contributed by atoms with E-state index < -0.39 is 0 Å². The van der Waals surface area contributed by atoms with Crippen LogP contribution in [0.2, 0.25) is 5.02 Å². The van der Waals surface area contributed by atoms with Crippen LogP contribution in [-0.4, -0.2) is 4.57 Å². The summed E-state index contributed by atoms with van der Waals surface area (Å²) in [5, 5.41) is 0.648. The van der Waals surface area contributed by atoms with Gasteiger partial charge in [0.1, 0.15) is 0 Å². The third-order valence-electron chi connectivity index (χ3n) is 2.42. The van der Waals surface area contributed by atoms with E-state index in [1.165, 1.54) is 6.07 Å². The zero-order chi connectivity index (χ0) is 9.42. The molecule has 2 heterocycles. The lowest BCUT2D eigenvalue weighted by Gasteiger charge is -2.25. The first-order chi connectivity index (χ1) is 6.20. The zero-order valence-electron chi connectivity index (χ0n) is 7.16. The van der Waals surface area contributed by atoms with E-state index in [4.69, 9.17) is 17.3 Å². The minimum Gasteiger partial charge on any atom is -0.311 e. The summed E-state index contributed by atoms with van der Waals surface area (Å²) in [7, 11) is 0. The predicted octanol–water partition coefficient (Wildman–Crippen LogP) is 1.30. The number of nitrogens with two attached hydrogens (primary N) is 1. The SMILES string of the molecule is NC1CCCc2c(Cl)ccc(=O)n21. The van der Waals surface area contributed by atoms with Crippen LogP contribution in [0.1, 0.15) is 24.7 Å². The summed E-state index contributed by atoms with van der Waals surface area (Å²) in [6.45, 7) is 0. The largest absolute Gasteiger partial charge is 0.311 e. The molecule has 1 aliphatic rings. The van der Waals surface area contributed by atoms with E-state index >= 15 is 0 Å². The van der Waals surface area contributed by atoms with Crippen LogP contribution in [-0.2, 0) is 6.42 Å². The van der Waals surface area contributed by atoms with Crippen molar-refractivity contribution >= 4 is 11.6 Å². The Balaban J connectivity index is 2.67. The molecule has 0 saturated heterocycles. The van der Waals surface area contributed by atoms with Gasteiger partial charge in [-0.25, -0.2) is 0 Å². The number of fused-ring (bicyclic) bond motifs is 1. The van der Waals surface area contributed by atoms with E-state index in [0.717, 1.165) is 25.0 Å². The van der Waals surface area contributed by atoms with Gasteiger partial charge in [-0.1, -0.05) is 11.6 Å². The minimum atomic E-state index is -0.199. The minimum absolute atomic E-state index is 0.0494. The van der Waals surface area contributed by atoms with Crippen LogP contribution >= 0.6 is 11.6 Å². The van der Waals surface area contributed by atoms with Gasteiger partial charge in [0.2, 0.25) is 0 Å². The Bertz CT molecular complexity index is 386. The van der Waals surface area contributed by atoms with E-state index in [2.05, 4.69) is 0 Å². The maximum atomic E-state index is 11.5. The second-order valence-corrected chi connectivity index (χ2v) is 3.70. The molecular weight excluding hydrogens is 188 g/mol. The fourth-order valence-corrected chi connectivity index (χ4v) is 2.03. The molecule has 0 amide bonds. The average Bonchev–Trinajstić information content (AvgIpc) is 2.12. The second-order valence-electron chi connectivity index (χ2n) is 3.30. The molecule has 3 nitrogen and oxygen atoms in total. The molecule has 1 unspecified atom stereocenters. The Morgan fingerprint density at radius 2 is 2.31 bits per heavy atom. The molecule has 70 valence electrons. The van der Waals surface area contributed by atoms with Crippen molar-refractivity contribution in [3.63, 3.8) is 0 Å². The van der Waals surface area contributed by atoms with Crippen molar-refractivity contribution in [3.05, 3.63) is 33.2 Å². The highest BCUT2D eigenvalue weighted by Crippen LogP contribution is 2.24. The molecule has 1 aliphatic heterocycles. The first-order valence-corrected chi connectivity index (χ1v) is 4.73. The Morgan fingerprint density at radius 1 is 1.54 bits per heavy atom. The standard InChI is InChI=1S/C9H11ClN2O/c10-6-4-5-9(13)12-7(6)2-1-3-8(12)11/h4-5,8H,1-3,11H2. The number of aromatic nitrogens is 1. The van der Waals surface area contributed by atoms with Crippen molar-refractivity contribution in [2.45, 2.75) is 25.4 Å². The van der Waals surface area contributed by atoms with Crippen molar-refractivity contribution < 1.29 is 0 Å². The van der Waals surface area contributed by atoms with Crippen LogP contribution in [0.5, 0.6) is 0 Å². The van der Waals surface area contributed by atoms with Gasteiger partial charge in [-0.3, -0.25) is 9.36 Å². The summed E-state index contributed by atoms with van der Waals surface area (Å²) in [5.74, 6) is 0. The van der Waals surface area contributed by atoms with Crippen molar-refractivity contribution in [2.75, 3.05) is 0 Å². The van der Waals surface area contributed by atoms with Crippen molar-refractivity contribution in [2.24, 2.45) is 5.73 Å². The Morgan fingerprint density at radius 3 is 3.00 bits per heavy atom. The molecule has 1 aromatic heterocycles. The molecule has 0 bridgehead atoms. The Hall–Kier alpha value is -0.800. The van der Waals surface area contributed by atoms with Crippen LogP contribution < -0.4 is 11.3 Å². The summed E-state index contributed by atoms with van der Waals surface area (Å²) in [4.78, 5) is 11.5. The van der Waals surface area contributed by atoms with Gasteiger partial charge >= 0.3 is 0 Å². The molecule has 0 fully saturated rings. The van der Waals surface area contributed by atoms with Gasteiger partial charge in [0, 0.05) is 11.8 Å². The lowest BCUT2D eigenvalue weighted by molar-refractivity contribution is 0.400. The highest BCUT2D eigenvalue weighted by Gasteiger charge is 2.18. The molecule has 1 atom stereocenters. The maximum absolute atomic E-state index is 11.5. The van der Waals surface area contributed by atoms with Crippen LogP contribution in [0.4, 0.5) is 0 Å². The van der Waals surface area contributed by atoms with Crippen LogP contribution in [0, 0.1) is 0 Å². The summed E-state index contributed by atoms with van der Waals surface area (Å²) in [5.41, 5.74) is 6.65. The summed E-state index contributed by atoms with van der Waals surface area (Å²) in [6.07, 6.45) is 2.51. The van der Waals surface area contributed by atoms with Crippen molar-refractivity contribution in [1.29, 1.82) is 0 Å². The molecule has 0 aromatic carbocycles. The molecule has 0 saturated carbocycles. The molecular formula is C9H11ClN2O. The quantitative estimate of drug-likeness (QED) is 0.683. The van der Waals surface area contributed by atoms with E-state index in [1.54, 1.807) is 10.6 Å². The normalized spacial score (nSPS) is 21.2. The van der Waals surface area contributed by atoms with Gasteiger partial charge in [0.15, 0.2) is 0 Å². The number of pyridine rings is 1. The Kier molecular flexibility index (Phi) is 2.14. The first-order valence-electron chi connectivity index (χ1n) is 4.35. The number of hydrogen-bond acceptors (Lipinski definition) is 2. The van der Waals surface area contributed by atoms with Gasteiger partial charge in [0.25, 0.3) is 5.56 Å². The number of nitrogens with zero attached hydrogens (tertiary/aromatic N) is 1. The fraction of sp³-hybridized carbons (Fsp3) is 0.444. The lowest BCUT2D eigenvalue weighted by Crippen LogP contribution is -2.35. The summed E-state index contributed by atoms with van der Waals surface area (Å²) >= 11 is 5.96. The third kappa shape index (κ3) is 1.38. The summed E-state index contributed by atoms with van der Waals surface area (Å²) < 4.78 is 1.60. The number of rotatable bonds is 0. The monoisotopic (exact) mass is 198 g/mol. The first kappa shape index (κ1) is 8.78. The molecule has 0 aliphatic carbocycles. The van der Waals surface area contributed by atoms with E-state index in [0.29, 0.717) is 5.02 Å². The Labute approximate surface area is 81.1 Å². The van der Waals surface area contributed by atoms with E-state index in [-0.39, 0.29) is 11.7 Å². The molecule has 2 N–H and O–H groups in total. The third-order valence-corrected chi connectivity index (χ3v) is 2.77. The van der Waals surface area contributed by atoms with Crippen molar-refractivity contribution in [1.82, 2.24) is 4.57 Å². The average molecular weight is 199 g/mol. The van der Waals surface area contributed by atoms with Gasteiger partial charge in [0.05, 0.1) is 11.2 Å². The van der Waals surface area contributed by atoms with Gasteiger partial charge in [-0.05, 0) is 25.3 Å². The molecule has 0 radical (unpaired) electrons. The van der Waals surface area contributed by atoms with Crippen LogP contribution in [0.25, 0.3) is 0 Å². The second kappa shape index (κ2) is 3.16. The summed E-state index contributed by atoms with van der Waals surface area (Å²) in [6, 6.07) is 3.12. The van der Waals surface area contributed by atoms with E-state index in [9.17, 15) is 4.79 Å². The molecule has 4 heteroatoms.